The van der Waals surface area contributed by atoms with Crippen molar-refractivity contribution in [1.82, 2.24) is 9.78 Å². The number of carbonyl (C=O) groups is 1. The number of hydrogen-bond donors (Lipinski definition) is 2. The highest BCUT2D eigenvalue weighted by atomic mass is 19.4. The largest absolute Gasteiger partial charge is 0.454 e. The van der Waals surface area contributed by atoms with Gasteiger partial charge in [-0.1, -0.05) is 18.2 Å². The minimum absolute atomic E-state index is 0.00473. The van der Waals surface area contributed by atoms with E-state index >= 15 is 0 Å². The molecule has 2 N–H and O–H groups in total. The number of alkyl halides is 6. The van der Waals surface area contributed by atoms with Gasteiger partial charge in [-0.25, -0.2) is 4.68 Å². The lowest BCUT2D eigenvalue weighted by molar-refractivity contribution is -0.173. The van der Waals surface area contributed by atoms with Crippen molar-refractivity contribution >= 4 is 17.4 Å². The number of anilines is 2. The van der Waals surface area contributed by atoms with Gasteiger partial charge < -0.3 is 20.1 Å². The van der Waals surface area contributed by atoms with Gasteiger partial charge in [0, 0.05) is 12.5 Å². The monoisotopic (exact) mass is 498 g/mol. The van der Waals surface area contributed by atoms with Crippen molar-refractivity contribution in [3.63, 3.8) is 0 Å². The normalized spacial score (nSPS) is 19.1. The molecule has 0 saturated carbocycles. The van der Waals surface area contributed by atoms with E-state index in [0.29, 0.717) is 21.7 Å². The number of aromatic nitrogens is 2. The lowest BCUT2D eigenvalue weighted by Crippen LogP contribution is -2.35. The van der Waals surface area contributed by atoms with E-state index in [2.05, 4.69) is 15.7 Å². The molecule has 13 heteroatoms. The third kappa shape index (κ3) is 4.33. The maximum Gasteiger partial charge on any atom is 0.418 e. The maximum absolute atomic E-state index is 13.9. The van der Waals surface area contributed by atoms with Crippen LogP contribution >= 0.6 is 0 Å². The molecule has 0 saturated heterocycles. The summed E-state index contributed by atoms with van der Waals surface area (Å²) in [5.74, 6) is -0.308. The van der Waals surface area contributed by atoms with Crippen LogP contribution in [-0.4, -0.2) is 28.7 Å². The van der Waals surface area contributed by atoms with E-state index < -0.39 is 53.7 Å². The van der Waals surface area contributed by atoms with Gasteiger partial charge in [0.2, 0.25) is 6.79 Å². The Morgan fingerprint density at radius 1 is 1.03 bits per heavy atom. The van der Waals surface area contributed by atoms with Crippen molar-refractivity contribution in [3.8, 4) is 11.5 Å². The summed E-state index contributed by atoms with van der Waals surface area (Å²) in [5, 5.41) is 8.79. The Balaban J connectivity index is 1.45. The van der Waals surface area contributed by atoms with Gasteiger partial charge in [-0.3, -0.25) is 4.79 Å². The van der Waals surface area contributed by atoms with Crippen molar-refractivity contribution in [2.24, 2.45) is 0 Å². The maximum atomic E-state index is 13.9. The molecule has 0 radical (unpaired) electrons. The number of carbonyl (C=O) groups excluding carboxylic acids is 1. The highest BCUT2D eigenvalue weighted by Crippen LogP contribution is 2.45. The molecule has 0 fully saturated rings. The zero-order valence-electron chi connectivity index (χ0n) is 17.6. The van der Waals surface area contributed by atoms with Gasteiger partial charge in [0.15, 0.2) is 23.2 Å². The molecule has 184 valence electrons. The third-order valence-corrected chi connectivity index (χ3v) is 5.70. The average molecular weight is 498 g/mol. The molecule has 35 heavy (non-hydrogen) atoms. The number of rotatable bonds is 3. The van der Waals surface area contributed by atoms with Crippen LogP contribution in [-0.2, 0) is 6.18 Å². The van der Waals surface area contributed by atoms with Crippen molar-refractivity contribution < 1.29 is 40.6 Å². The fourth-order valence-electron chi connectivity index (χ4n) is 4.06. The lowest BCUT2D eigenvalue weighted by atomic mass is 9.96. The summed E-state index contributed by atoms with van der Waals surface area (Å²) in [4.78, 5) is 12.7. The van der Waals surface area contributed by atoms with E-state index in [1.807, 2.05) is 0 Å². The molecule has 0 aliphatic carbocycles. The standard InChI is InChI=1S/C22H16F6N4O3/c23-21(24,25)12-3-1-2-4-13(12)30-20(33)15-9-19-29-14(8-18(22(26,27)28)32(19)31-15)11-5-6-16-17(7-11)35-10-34-16/h1-7,9,14,18,29H,8,10H2,(H,30,33)/t14-,18+/m0/s1. The Morgan fingerprint density at radius 2 is 1.77 bits per heavy atom. The minimum atomic E-state index is -4.74. The molecule has 0 spiro atoms. The van der Waals surface area contributed by atoms with Crippen LogP contribution in [0.4, 0.5) is 37.8 Å². The lowest BCUT2D eigenvalue weighted by Gasteiger charge is -2.33. The fraction of sp³-hybridized carbons (Fsp3) is 0.273. The second-order valence-electron chi connectivity index (χ2n) is 7.96. The summed E-state index contributed by atoms with van der Waals surface area (Å²) >= 11 is 0. The number of ether oxygens (including phenoxy) is 2. The molecule has 0 unspecified atom stereocenters. The van der Waals surface area contributed by atoms with Crippen LogP contribution in [0.2, 0.25) is 0 Å². The second kappa shape index (κ2) is 8.10. The van der Waals surface area contributed by atoms with E-state index in [1.54, 1.807) is 18.2 Å². The first kappa shape index (κ1) is 22.9. The van der Waals surface area contributed by atoms with Gasteiger partial charge in [-0.15, -0.1) is 0 Å². The van der Waals surface area contributed by atoms with E-state index in [0.717, 1.165) is 24.3 Å². The van der Waals surface area contributed by atoms with Gasteiger partial charge in [0.1, 0.15) is 5.82 Å². The number of fused-ring (bicyclic) bond motifs is 2. The number of benzene rings is 2. The van der Waals surface area contributed by atoms with Gasteiger partial charge in [-0.05, 0) is 29.8 Å². The predicted molar refractivity (Wildman–Crippen MR) is 110 cm³/mol. The molecule has 5 rings (SSSR count). The van der Waals surface area contributed by atoms with Crippen LogP contribution in [0.25, 0.3) is 0 Å². The minimum Gasteiger partial charge on any atom is -0.454 e. The summed E-state index contributed by atoms with van der Waals surface area (Å²) < 4.78 is 92.6. The number of amides is 1. The predicted octanol–water partition coefficient (Wildman–Crippen LogP) is 5.54. The van der Waals surface area contributed by atoms with Crippen LogP contribution in [0.1, 0.15) is 40.1 Å². The zero-order valence-corrected chi connectivity index (χ0v) is 17.6. The zero-order chi connectivity index (χ0) is 25.0. The Hall–Kier alpha value is -3.90. The summed E-state index contributed by atoms with van der Waals surface area (Å²) in [6.45, 7) is 0.00473. The van der Waals surface area contributed by atoms with Gasteiger partial charge >= 0.3 is 12.4 Å². The number of nitrogens with one attached hydrogen (secondary N) is 2. The Labute approximate surface area is 193 Å². The molecule has 2 aliphatic heterocycles. The summed E-state index contributed by atoms with van der Waals surface area (Å²) in [5.41, 5.74) is -1.59. The molecule has 1 amide bonds. The van der Waals surface area contributed by atoms with E-state index in [1.165, 1.54) is 6.07 Å². The highest BCUT2D eigenvalue weighted by molar-refractivity contribution is 6.03. The van der Waals surface area contributed by atoms with Gasteiger partial charge in [0.05, 0.1) is 17.3 Å². The van der Waals surface area contributed by atoms with Crippen molar-refractivity contribution in [3.05, 3.63) is 65.4 Å². The molecule has 7 nitrogen and oxygen atoms in total. The number of hydrogen-bond acceptors (Lipinski definition) is 5. The Kier molecular flexibility index (Phi) is 5.29. The number of nitrogens with zero attached hydrogens (tertiary/aromatic N) is 2. The molecule has 2 aromatic carbocycles. The molecule has 2 aliphatic rings. The van der Waals surface area contributed by atoms with Crippen LogP contribution in [0.15, 0.2) is 48.5 Å². The molecular weight excluding hydrogens is 482 g/mol. The van der Waals surface area contributed by atoms with E-state index in [9.17, 15) is 31.1 Å². The second-order valence-corrected chi connectivity index (χ2v) is 7.96. The first-order chi connectivity index (χ1) is 16.5. The smallest absolute Gasteiger partial charge is 0.418 e. The molecule has 0 bridgehead atoms. The molecule has 3 heterocycles. The highest BCUT2D eigenvalue weighted by Gasteiger charge is 2.47. The van der Waals surface area contributed by atoms with E-state index in [-0.39, 0.29) is 12.6 Å². The number of para-hydroxylation sites is 1. The molecular formula is C22H16F6N4O3. The van der Waals surface area contributed by atoms with Crippen LogP contribution in [0, 0.1) is 0 Å². The van der Waals surface area contributed by atoms with Crippen LogP contribution < -0.4 is 20.1 Å². The first-order valence-electron chi connectivity index (χ1n) is 10.3. The molecule has 3 aromatic rings. The third-order valence-electron chi connectivity index (χ3n) is 5.70. The SMILES string of the molecule is O=C(Nc1ccccc1C(F)(F)F)c1cc2n(n1)[C@@H](C(F)(F)F)C[C@@H](c1ccc3c(c1)OCO3)N2. The van der Waals surface area contributed by atoms with Crippen molar-refractivity contribution in [1.29, 1.82) is 0 Å². The van der Waals surface area contributed by atoms with Crippen LogP contribution in [0.3, 0.4) is 0 Å². The topological polar surface area (TPSA) is 77.4 Å². The quantitative estimate of drug-likeness (QED) is 0.464. The van der Waals surface area contributed by atoms with Crippen molar-refractivity contribution in [2.45, 2.75) is 30.9 Å². The summed E-state index contributed by atoms with van der Waals surface area (Å²) in [6, 6.07) is 7.23. The number of halogens is 6. The Morgan fingerprint density at radius 3 is 2.51 bits per heavy atom. The molecule has 1 aromatic heterocycles. The molecule has 2 atom stereocenters. The fourth-order valence-corrected chi connectivity index (χ4v) is 4.06. The first-order valence-corrected chi connectivity index (χ1v) is 10.3. The Bertz CT molecular complexity index is 1290. The van der Waals surface area contributed by atoms with Crippen LogP contribution in [0.5, 0.6) is 11.5 Å². The summed E-state index contributed by atoms with van der Waals surface area (Å²) in [7, 11) is 0. The average Bonchev–Trinajstić information content (AvgIpc) is 3.43. The van der Waals surface area contributed by atoms with Gasteiger partial charge in [-0.2, -0.15) is 31.4 Å². The van der Waals surface area contributed by atoms with E-state index in [4.69, 9.17) is 9.47 Å². The summed E-state index contributed by atoms with van der Waals surface area (Å²) in [6.07, 6.45) is -9.87. The van der Waals surface area contributed by atoms with Crippen molar-refractivity contribution in [2.75, 3.05) is 17.4 Å². The van der Waals surface area contributed by atoms with Gasteiger partial charge in [0.25, 0.3) is 5.91 Å².